The topological polar surface area (TPSA) is 142 Å². The first kappa shape index (κ1) is 32.8. The molecule has 0 saturated carbocycles. The summed E-state index contributed by atoms with van der Waals surface area (Å²) in [5.74, 6) is -1.45. The monoisotopic (exact) mass is 645 g/mol. The number of benzene rings is 3. The van der Waals surface area contributed by atoms with E-state index in [4.69, 9.17) is 14.2 Å². The van der Waals surface area contributed by atoms with Crippen molar-refractivity contribution in [3.8, 4) is 23.1 Å². The number of amides is 3. The molecule has 0 aliphatic rings. The van der Waals surface area contributed by atoms with Gasteiger partial charge in [-0.15, -0.1) is 0 Å². The van der Waals surface area contributed by atoms with Gasteiger partial charge in [0.05, 0.1) is 23.2 Å². The lowest BCUT2D eigenvalue weighted by Crippen LogP contribution is -2.29. The second-order valence-corrected chi connectivity index (χ2v) is 10.3. The molecule has 3 amide bonds. The van der Waals surface area contributed by atoms with Gasteiger partial charge in [-0.3, -0.25) is 4.79 Å². The number of carbonyl (C=O) groups excluding carboxylic acids is 2. The SMILES string of the molecule is CCCCNC(=O)Nc1cc2c(Oc3ccc(NC(=O)c4cn(-c5ccc(F)cc5)cn4)cc3F)ncnc2cc1OCCCOC. The standard InChI is InChI=1S/C33H33F2N7O5/c1-3-4-12-36-33(44)41-27-16-24-26(17-30(27)46-14-5-13-45-2)37-19-38-32(24)47-29-11-8-22(15-25(29)35)40-31(43)28-18-42(20-39-28)23-9-6-21(34)7-10-23/h6-11,15-20H,3-5,12-14H2,1-2H3,(H,40,43)(H2,36,41,44). The van der Waals surface area contributed by atoms with Crippen molar-refractivity contribution in [2.75, 3.05) is 37.5 Å². The van der Waals surface area contributed by atoms with E-state index in [0.29, 0.717) is 54.2 Å². The first-order valence-electron chi connectivity index (χ1n) is 14.9. The van der Waals surface area contributed by atoms with Gasteiger partial charge in [0.15, 0.2) is 11.6 Å². The average molecular weight is 646 g/mol. The molecule has 3 N–H and O–H groups in total. The van der Waals surface area contributed by atoms with Crippen LogP contribution in [0.2, 0.25) is 0 Å². The zero-order valence-corrected chi connectivity index (χ0v) is 25.8. The fourth-order valence-corrected chi connectivity index (χ4v) is 4.44. The molecule has 5 rings (SSSR count). The minimum Gasteiger partial charge on any atom is -0.491 e. The zero-order valence-electron chi connectivity index (χ0n) is 25.8. The third-order valence-corrected chi connectivity index (χ3v) is 6.85. The summed E-state index contributed by atoms with van der Waals surface area (Å²) in [5, 5.41) is 8.61. The highest BCUT2D eigenvalue weighted by Gasteiger charge is 2.17. The summed E-state index contributed by atoms with van der Waals surface area (Å²) in [6.07, 6.45) is 6.55. The molecule has 0 aliphatic heterocycles. The van der Waals surface area contributed by atoms with Crippen LogP contribution in [0.25, 0.3) is 16.6 Å². The Kier molecular flexibility index (Phi) is 10.9. The number of nitrogens with one attached hydrogen (secondary N) is 3. The molecule has 0 fully saturated rings. The molecule has 14 heteroatoms. The van der Waals surface area contributed by atoms with Crippen LogP contribution in [0, 0.1) is 11.6 Å². The maximum Gasteiger partial charge on any atom is 0.319 e. The molecule has 0 radical (unpaired) electrons. The molecule has 12 nitrogen and oxygen atoms in total. The van der Waals surface area contributed by atoms with Gasteiger partial charge in [0.25, 0.3) is 5.91 Å². The Morgan fingerprint density at radius 3 is 2.51 bits per heavy atom. The molecule has 0 atom stereocenters. The molecule has 244 valence electrons. The van der Waals surface area contributed by atoms with Crippen LogP contribution in [-0.4, -0.2) is 58.3 Å². The van der Waals surface area contributed by atoms with Gasteiger partial charge in [0, 0.05) is 56.4 Å². The number of ether oxygens (including phenoxy) is 3. The van der Waals surface area contributed by atoms with Crippen LogP contribution >= 0.6 is 0 Å². The molecule has 47 heavy (non-hydrogen) atoms. The number of carbonyl (C=O) groups is 2. The number of fused-ring (bicyclic) bond motifs is 1. The van der Waals surface area contributed by atoms with Gasteiger partial charge in [0.1, 0.15) is 29.9 Å². The Morgan fingerprint density at radius 1 is 0.915 bits per heavy atom. The molecule has 3 aromatic carbocycles. The highest BCUT2D eigenvalue weighted by atomic mass is 19.1. The van der Waals surface area contributed by atoms with Crippen molar-refractivity contribution < 1.29 is 32.6 Å². The summed E-state index contributed by atoms with van der Waals surface area (Å²) in [6.45, 7) is 3.37. The Morgan fingerprint density at radius 2 is 1.74 bits per heavy atom. The highest BCUT2D eigenvalue weighted by Crippen LogP contribution is 2.36. The third-order valence-electron chi connectivity index (χ3n) is 6.85. The number of methoxy groups -OCH3 is 1. The Balaban J connectivity index is 1.33. The molecule has 2 aromatic heterocycles. The molecular formula is C33H33F2N7O5. The molecule has 2 heterocycles. The Hall–Kier alpha value is -5.63. The van der Waals surface area contributed by atoms with Gasteiger partial charge in [-0.2, -0.15) is 0 Å². The largest absolute Gasteiger partial charge is 0.491 e. The van der Waals surface area contributed by atoms with E-state index >= 15 is 4.39 Å². The summed E-state index contributed by atoms with van der Waals surface area (Å²) in [6, 6.07) is 12.5. The van der Waals surface area contributed by atoms with Crippen LogP contribution in [0.3, 0.4) is 0 Å². The summed E-state index contributed by atoms with van der Waals surface area (Å²) < 4.78 is 46.9. The lowest BCUT2D eigenvalue weighted by atomic mass is 10.2. The number of halogens is 2. The summed E-state index contributed by atoms with van der Waals surface area (Å²) in [7, 11) is 1.60. The van der Waals surface area contributed by atoms with E-state index in [0.717, 1.165) is 18.9 Å². The number of nitrogens with zero attached hydrogens (tertiary/aromatic N) is 4. The predicted molar refractivity (Wildman–Crippen MR) is 171 cm³/mol. The van der Waals surface area contributed by atoms with Crippen LogP contribution in [0.15, 0.2) is 73.4 Å². The van der Waals surface area contributed by atoms with E-state index in [1.807, 2.05) is 6.92 Å². The van der Waals surface area contributed by atoms with Crippen molar-refractivity contribution in [3.63, 3.8) is 0 Å². The number of anilines is 2. The van der Waals surface area contributed by atoms with Gasteiger partial charge in [-0.25, -0.2) is 28.5 Å². The molecule has 0 unspecified atom stereocenters. The minimum absolute atomic E-state index is 0.0393. The summed E-state index contributed by atoms with van der Waals surface area (Å²) >= 11 is 0. The van der Waals surface area contributed by atoms with Crippen molar-refractivity contribution >= 4 is 34.2 Å². The molecule has 0 spiro atoms. The van der Waals surface area contributed by atoms with Crippen molar-refractivity contribution in [3.05, 3.63) is 90.8 Å². The van der Waals surface area contributed by atoms with Crippen LogP contribution in [0.1, 0.15) is 36.7 Å². The van der Waals surface area contributed by atoms with Gasteiger partial charge in [0.2, 0.25) is 5.88 Å². The first-order chi connectivity index (χ1) is 22.8. The fraction of sp³-hybridized carbons (Fsp3) is 0.242. The molecule has 0 aliphatic carbocycles. The maximum atomic E-state index is 15.2. The van der Waals surface area contributed by atoms with E-state index in [2.05, 4.69) is 30.9 Å². The summed E-state index contributed by atoms with van der Waals surface area (Å²) in [5.41, 5.74) is 1.65. The minimum atomic E-state index is -0.766. The van der Waals surface area contributed by atoms with Crippen LogP contribution in [0.4, 0.5) is 25.0 Å². The predicted octanol–water partition coefficient (Wildman–Crippen LogP) is 6.48. The van der Waals surface area contributed by atoms with Crippen LogP contribution in [-0.2, 0) is 4.74 Å². The van der Waals surface area contributed by atoms with Crippen molar-refractivity contribution in [2.24, 2.45) is 0 Å². The second-order valence-electron chi connectivity index (χ2n) is 10.3. The van der Waals surface area contributed by atoms with Crippen molar-refractivity contribution in [1.29, 1.82) is 0 Å². The molecule has 5 aromatic rings. The number of urea groups is 1. The summed E-state index contributed by atoms with van der Waals surface area (Å²) in [4.78, 5) is 38.0. The third kappa shape index (κ3) is 8.55. The van der Waals surface area contributed by atoms with Gasteiger partial charge in [-0.05, 0) is 48.9 Å². The highest BCUT2D eigenvalue weighted by molar-refractivity contribution is 6.02. The number of hydrogen-bond acceptors (Lipinski definition) is 8. The number of aromatic nitrogens is 4. The average Bonchev–Trinajstić information content (AvgIpc) is 3.56. The van der Waals surface area contributed by atoms with Crippen LogP contribution < -0.4 is 25.4 Å². The van der Waals surface area contributed by atoms with Gasteiger partial charge >= 0.3 is 6.03 Å². The number of unbranched alkanes of at least 4 members (excludes halogenated alkanes) is 1. The lowest BCUT2D eigenvalue weighted by Gasteiger charge is -2.15. The van der Waals surface area contributed by atoms with Gasteiger partial charge in [-0.1, -0.05) is 13.3 Å². The number of imidazole rings is 1. The lowest BCUT2D eigenvalue weighted by molar-refractivity contribution is 0.102. The van der Waals surface area contributed by atoms with Crippen molar-refractivity contribution in [2.45, 2.75) is 26.2 Å². The Bertz CT molecular complexity index is 1850. The van der Waals surface area contributed by atoms with E-state index < -0.39 is 17.8 Å². The second kappa shape index (κ2) is 15.6. The van der Waals surface area contributed by atoms with Crippen LogP contribution in [0.5, 0.6) is 17.4 Å². The number of hydrogen-bond donors (Lipinski definition) is 3. The Labute approximate surface area is 269 Å². The smallest absolute Gasteiger partial charge is 0.319 e. The van der Waals surface area contributed by atoms with E-state index in [-0.39, 0.29) is 28.8 Å². The molecular weight excluding hydrogens is 612 g/mol. The molecule has 0 saturated heterocycles. The van der Waals surface area contributed by atoms with Crippen molar-refractivity contribution in [1.82, 2.24) is 24.8 Å². The van der Waals surface area contributed by atoms with E-state index in [9.17, 15) is 14.0 Å². The van der Waals surface area contributed by atoms with E-state index in [1.165, 1.54) is 43.1 Å². The normalized spacial score (nSPS) is 10.9. The first-order valence-corrected chi connectivity index (χ1v) is 14.9. The quantitative estimate of drug-likeness (QED) is 0.117. The zero-order chi connectivity index (χ0) is 33.2. The molecule has 0 bridgehead atoms. The fourth-order valence-electron chi connectivity index (χ4n) is 4.44. The number of rotatable bonds is 14. The van der Waals surface area contributed by atoms with Gasteiger partial charge < -0.3 is 34.7 Å². The maximum absolute atomic E-state index is 15.2. The van der Waals surface area contributed by atoms with E-state index in [1.54, 1.807) is 35.9 Å².